The van der Waals surface area contributed by atoms with E-state index in [4.69, 9.17) is 11.2 Å². The van der Waals surface area contributed by atoms with Crippen molar-refractivity contribution >= 4 is 35.4 Å². The normalized spacial score (nSPS) is 12.5. The van der Waals surface area contributed by atoms with Crippen molar-refractivity contribution in [3.05, 3.63) is 64.7 Å². The summed E-state index contributed by atoms with van der Waals surface area (Å²) >= 11 is 1.58. The first kappa shape index (κ1) is 35.8. The van der Waals surface area contributed by atoms with E-state index in [1.54, 1.807) is 49.6 Å². The van der Waals surface area contributed by atoms with Gasteiger partial charge in [-0.3, -0.25) is 9.59 Å². The lowest BCUT2D eigenvalue weighted by molar-refractivity contribution is -0.141. The first-order valence-electron chi connectivity index (χ1n) is 15.1. The lowest BCUT2D eigenvalue weighted by Gasteiger charge is -2.35. The highest BCUT2D eigenvalue weighted by atomic mass is 32.2. The van der Waals surface area contributed by atoms with Crippen molar-refractivity contribution in [1.29, 1.82) is 0 Å². The van der Waals surface area contributed by atoms with Crippen LogP contribution in [0.2, 0.25) is 0 Å². The molecule has 0 aliphatic rings. The third-order valence-electron chi connectivity index (χ3n) is 7.09. The summed E-state index contributed by atoms with van der Waals surface area (Å²) in [6.45, 7) is 11.7. The number of para-hydroxylation sites is 1. The number of rotatable bonds is 15. The fourth-order valence-corrected chi connectivity index (χ4v) is 5.39. The molecule has 2 aromatic carbocycles. The molecule has 2 rings (SSSR count). The highest BCUT2D eigenvalue weighted by Crippen LogP contribution is 2.30. The summed E-state index contributed by atoms with van der Waals surface area (Å²) in [4.78, 5) is 43.3. The second-order valence-electron chi connectivity index (χ2n) is 11.8. The van der Waals surface area contributed by atoms with Crippen molar-refractivity contribution in [2.45, 2.75) is 97.8 Å². The van der Waals surface area contributed by atoms with Gasteiger partial charge in [0, 0.05) is 17.8 Å². The molecule has 0 aliphatic heterocycles. The van der Waals surface area contributed by atoms with Gasteiger partial charge in [0.05, 0.1) is 0 Å². The second kappa shape index (κ2) is 17.6. The van der Waals surface area contributed by atoms with Gasteiger partial charge in [0.25, 0.3) is 5.91 Å². The van der Waals surface area contributed by atoms with E-state index in [2.05, 4.69) is 23.5 Å². The molecule has 234 valence electrons. The number of anilines is 1. The molecule has 0 saturated carbocycles. The van der Waals surface area contributed by atoms with E-state index in [0.717, 1.165) is 36.8 Å². The first-order chi connectivity index (χ1) is 20.4. The van der Waals surface area contributed by atoms with E-state index in [1.165, 1.54) is 0 Å². The monoisotopic (exact) mass is 607 g/mol. The summed E-state index contributed by atoms with van der Waals surface area (Å²) in [5.41, 5.74) is 2.91. The minimum Gasteiger partial charge on any atom is -0.444 e. The van der Waals surface area contributed by atoms with Crippen LogP contribution < -0.4 is 10.6 Å². The second-order valence-corrected chi connectivity index (χ2v) is 12.8. The van der Waals surface area contributed by atoms with Gasteiger partial charge in [0.2, 0.25) is 5.91 Å². The number of carbonyl (C=O) groups excluding carboxylic acids is 3. The smallest absolute Gasteiger partial charge is 0.408 e. The molecule has 0 aromatic heterocycles. The van der Waals surface area contributed by atoms with Crippen LogP contribution in [-0.2, 0) is 14.3 Å². The molecule has 2 unspecified atom stereocenters. The number of terminal acetylenes is 1. The highest BCUT2D eigenvalue weighted by Gasteiger charge is 2.37. The number of thioether (sulfide) groups is 1. The van der Waals surface area contributed by atoms with Crippen LogP contribution in [-0.4, -0.2) is 53.0 Å². The zero-order chi connectivity index (χ0) is 32.0. The van der Waals surface area contributed by atoms with Crippen molar-refractivity contribution in [3.8, 4) is 12.3 Å². The summed E-state index contributed by atoms with van der Waals surface area (Å²) in [5, 5.41) is 5.91. The maximum Gasteiger partial charge on any atom is 0.408 e. The lowest BCUT2D eigenvalue weighted by atomic mass is 9.96. The van der Waals surface area contributed by atoms with Gasteiger partial charge in [-0.05, 0) is 82.2 Å². The number of nitrogens with one attached hydrogen (secondary N) is 2. The molecule has 0 spiro atoms. The van der Waals surface area contributed by atoms with Gasteiger partial charge in [-0.1, -0.05) is 74.9 Å². The summed E-state index contributed by atoms with van der Waals surface area (Å²) in [6.07, 6.45) is 12.4. The van der Waals surface area contributed by atoms with E-state index in [9.17, 15) is 14.4 Å². The van der Waals surface area contributed by atoms with Crippen molar-refractivity contribution < 1.29 is 19.1 Å². The van der Waals surface area contributed by atoms with E-state index >= 15 is 0 Å². The predicted octanol–water partition coefficient (Wildman–Crippen LogP) is 7.41. The summed E-state index contributed by atoms with van der Waals surface area (Å²) < 4.78 is 5.50. The quantitative estimate of drug-likeness (QED) is 0.163. The van der Waals surface area contributed by atoms with E-state index in [-0.39, 0.29) is 11.8 Å². The molecule has 0 bridgehead atoms. The van der Waals surface area contributed by atoms with Crippen LogP contribution in [0, 0.1) is 26.2 Å². The number of alkyl carbamates (subject to hydrolysis) is 1. The van der Waals surface area contributed by atoms with Crippen molar-refractivity contribution in [2.24, 2.45) is 0 Å². The fourth-order valence-electron chi connectivity index (χ4n) is 4.92. The van der Waals surface area contributed by atoms with Gasteiger partial charge >= 0.3 is 6.09 Å². The van der Waals surface area contributed by atoms with E-state index < -0.39 is 23.8 Å². The molecule has 2 aromatic rings. The Balaban J connectivity index is 2.62. The number of hydrogen-bond donors (Lipinski definition) is 2. The number of nitrogens with zero attached hydrogens (tertiary/aromatic N) is 1. The molecular weight excluding hydrogens is 558 g/mol. The molecule has 0 radical (unpaired) electrons. The molecule has 7 nitrogen and oxygen atoms in total. The Morgan fingerprint density at radius 1 is 1.00 bits per heavy atom. The SMILES string of the molecule is C#Cc1ccccc1C(C(=O)Nc1c(C)cccc1C)N(CCCCCCC)C(=O)C(CCSC)NC(=O)OC(C)(C)C. The van der Waals surface area contributed by atoms with Gasteiger partial charge in [0.1, 0.15) is 17.7 Å². The molecule has 2 atom stereocenters. The Kier molecular flexibility index (Phi) is 14.7. The number of carbonyl (C=O) groups is 3. The van der Waals surface area contributed by atoms with Gasteiger partial charge in [-0.2, -0.15) is 11.8 Å². The first-order valence-corrected chi connectivity index (χ1v) is 16.5. The van der Waals surface area contributed by atoms with Gasteiger partial charge < -0.3 is 20.3 Å². The van der Waals surface area contributed by atoms with Gasteiger partial charge in [0.15, 0.2) is 0 Å². The molecule has 2 N–H and O–H groups in total. The van der Waals surface area contributed by atoms with Crippen LogP contribution >= 0.6 is 11.8 Å². The fraction of sp³-hybridized carbons (Fsp3) is 0.514. The lowest BCUT2D eigenvalue weighted by Crippen LogP contribution is -2.53. The largest absolute Gasteiger partial charge is 0.444 e. The third-order valence-corrected chi connectivity index (χ3v) is 7.73. The van der Waals surface area contributed by atoms with E-state index in [1.807, 2.05) is 50.4 Å². The van der Waals surface area contributed by atoms with Crippen molar-refractivity contribution in [1.82, 2.24) is 10.2 Å². The number of unbranched alkanes of at least 4 members (excludes halogenated alkanes) is 4. The average molecular weight is 608 g/mol. The van der Waals surface area contributed by atoms with Crippen molar-refractivity contribution in [3.63, 3.8) is 0 Å². The van der Waals surface area contributed by atoms with Crippen LogP contribution in [0.15, 0.2) is 42.5 Å². The van der Waals surface area contributed by atoms with Crippen LogP contribution in [0.3, 0.4) is 0 Å². The van der Waals surface area contributed by atoms with Gasteiger partial charge in [-0.25, -0.2) is 4.79 Å². The molecule has 0 heterocycles. The van der Waals surface area contributed by atoms with Crippen LogP contribution in [0.1, 0.15) is 94.5 Å². The molecule has 3 amide bonds. The number of amides is 3. The Morgan fingerprint density at radius 2 is 1.65 bits per heavy atom. The molecule has 0 fully saturated rings. The number of benzene rings is 2. The predicted molar refractivity (Wildman–Crippen MR) is 178 cm³/mol. The third kappa shape index (κ3) is 11.3. The summed E-state index contributed by atoms with van der Waals surface area (Å²) in [6, 6.07) is 11.2. The molecular formula is C35H49N3O4S. The van der Waals surface area contributed by atoms with Crippen LogP contribution in [0.4, 0.5) is 10.5 Å². The average Bonchev–Trinajstić information content (AvgIpc) is 2.95. The summed E-state index contributed by atoms with van der Waals surface area (Å²) in [5.74, 6) is 2.64. The number of hydrogen-bond acceptors (Lipinski definition) is 5. The topological polar surface area (TPSA) is 87.7 Å². The maximum atomic E-state index is 14.5. The molecule has 43 heavy (non-hydrogen) atoms. The highest BCUT2D eigenvalue weighted by molar-refractivity contribution is 7.98. The van der Waals surface area contributed by atoms with Crippen molar-refractivity contribution in [2.75, 3.05) is 23.9 Å². The minimum absolute atomic E-state index is 0.331. The Bertz CT molecular complexity index is 1240. The molecule has 0 aliphatic carbocycles. The van der Waals surface area contributed by atoms with E-state index in [0.29, 0.717) is 42.0 Å². The Labute approximate surface area is 262 Å². The zero-order valence-electron chi connectivity index (χ0n) is 26.9. The molecule has 8 heteroatoms. The Morgan fingerprint density at radius 3 is 2.26 bits per heavy atom. The summed E-state index contributed by atoms with van der Waals surface area (Å²) in [7, 11) is 0. The Hall–Kier alpha value is -3.44. The van der Waals surface area contributed by atoms with Crippen LogP contribution in [0.5, 0.6) is 0 Å². The maximum absolute atomic E-state index is 14.5. The zero-order valence-corrected chi connectivity index (χ0v) is 27.7. The number of aryl methyl sites for hydroxylation is 2. The van der Waals surface area contributed by atoms with Crippen LogP contribution in [0.25, 0.3) is 0 Å². The molecule has 0 saturated heterocycles. The number of ether oxygens (including phenoxy) is 1. The standard InChI is InChI=1S/C35H49N3O4S/c1-9-11-12-13-16-23-38(33(40)29(22-24-43-8)36-34(41)42-35(5,6)7)31(28-21-15-14-20-27(28)10-2)32(39)37-30-25(3)18-17-19-26(30)4/h2,14-15,17-21,29,31H,9,11-13,16,22-24H2,1,3-8H3,(H,36,41)(H,37,39). The minimum atomic E-state index is -1.01. The van der Waals surface area contributed by atoms with Gasteiger partial charge in [-0.15, -0.1) is 6.42 Å².